The number of nitriles is 1. The molecule has 196 valence electrons. The van der Waals surface area contributed by atoms with Crippen molar-refractivity contribution < 1.29 is 4.79 Å². The summed E-state index contributed by atoms with van der Waals surface area (Å²) in [5, 5.41) is 20.1. The molecule has 5 nitrogen and oxygen atoms in total. The van der Waals surface area contributed by atoms with E-state index in [2.05, 4.69) is 28.9 Å². The van der Waals surface area contributed by atoms with Crippen LogP contribution in [-0.4, -0.2) is 11.0 Å². The Labute approximate surface area is 242 Å². The first-order valence-electron chi connectivity index (χ1n) is 12.8. The highest BCUT2D eigenvalue weighted by molar-refractivity contribution is 8.00. The molecular formula is C31H28N4OS3. The second kappa shape index (κ2) is 12.5. The first kappa shape index (κ1) is 26.9. The number of amides is 1. The van der Waals surface area contributed by atoms with E-state index in [4.69, 9.17) is 12.2 Å². The fourth-order valence-electron chi connectivity index (χ4n) is 4.63. The highest BCUT2D eigenvalue weighted by atomic mass is 32.2. The van der Waals surface area contributed by atoms with Gasteiger partial charge in [0.15, 0.2) is 5.11 Å². The van der Waals surface area contributed by atoms with Crippen molar-refractivity contribution in [2.75, 3.05) is 16.0 Å². The Hall–Kier alpha value is -3.64. The van der Waals surface area contributed by atoms with Crippen LogP contribution in [0.15, 0.2) is 89.8 Å². The Morgan fingerprint density at radius 2 is 1.69 bits per heavy atom. The fourth-order valence-corrected chi connectivity index (χ4v) is 7.32. The molecule has 0 aliphatic heterocycles. The number of hydrogen-bond donors (Lipinski definition) is 3. The van der Waals surface area contributed by atoms with Crippen molar-refractivity contribution in [3.05, 3.63) is 106 Å². The number of anilines is 3. The van der Waals surface area contributed by atoms with E-state index in [1.54, 1.807) is 11.3 Å². The molecule has 3 N–H and O–H groups in total. The number of rotatable bonds is 7. The molecule has 0 radical (unpaired) electrons. The van der Waals surface area contributed by atoms with Crippen LogP contribution >= 0.6 is 35.3 Å². The van der Waals surface area contributed by atoms with Crippen LogP contribution in [0.4, 0.5) is 16.4 Å². The third kappa shape index (κ3) is 6.69. The molecule has 2 unspecified atom stereocenters. The number of fused-ring (bicyclic) bond motifs is 1. The fraction of sp³-hybridized carbons (Fsp3) is 0.194. The molecule has 3 aromatic carbocycles. The molecular weight excluding hydrogens is 541 g/mol. The summed E-state index contributed by atoms with van der Waals surface area (Å²) in [4.78, 5) is 15.9. The van der Waals surface area contributed by atoms with Crippen molar-refractivity contribution in [1.29, 1.82) is 5.26 Å². The molecule has 0 saturated heterocycles. The van der Waals surface area contributed by atoms with Gasteiger partial charge < -0.3 is 16.0 Å². The number of thiophene rings is 1. The van der Waals surface area contributed by atoms with E-state index in [0.717, 1.165) is 46.7 Å². The molecule has 5 rings (SSSR count). The van der Waals surface area contributed by atoms with Crippen molar-refractivity contribution in [3.8, 4) is 6.07 Å². The molecule has 1 heterocycles. The SMILES string of the molecule is CC1CCc2c(sc(NC(=O)C(Sc3cccc(NC(=S)Nc4ccccc4)c3)c3ccccc3)c2C#N)C1. The van der Waals surface area contributed by atoms with Gasteiger partial charge in [0.2, 0.25) is 5.91 Å². The van der Waals surface area contributed by atoms with Gasteiger partial charge in [-0.25, -0.2) is 0 Å². The van der Waals surface area contributed by atoms with Crippen molar-refractivity contribution in [3.63, 3.8) is 0 Å². The van der Waals surface area contributed by atoms with E-state index in [-0.39, 0.29) is 5.91 Å². The third-order valence-corrected chi connectivity index (χ3v) is 9.20. The van der Waals surface area contributed by atoms with Crippen LogP contribution in [0.2, 0.25) is 0 Å². The lowest BCUT2D eigenvalue weighted by Gasteiger charge is -2.18. The molecule has 0 spiro atoms. The summed E-state index contributed by atoms with van der Waals surface area (Å²) in [6.07, 6.45) is 2.93. The first-order valence-corrected chi connectivity index (χ1v) is 14.9. The largest absolute Gasteiger partial charge is 0.332 e. The molecule has 2 atom stereocenters. The second-order valence-corrected chi connectivity index (χ2v) is 12.2. The van der Waals surface area contributed by atoms with E-state index in [1.807, 2.05) is 84.9 Å². The highest BCUT2D eigenvalue weighted by Crippen LogP contribution is 2.41. The van der Waals surface area contributed by atoms with Crippen molar-refractivity contribution in [2.45, 2.75) is 36.3 Å². The number of carbonyl (C=O) groups is 1. The predicted molar refractivity (Wildman–Crippen MR) is 167 cm³/mol. The number of nitrogens with zero attached hydrogens (tertiary/aromatic N) is 1. The zero-order valence-corrected chi connectivity index (χ0v) is 23.9. The number of para-hydroxylation sites is 1. The van der Waals surface area contributed by atoms with Gasteiger partial charge in [0.25, 0.3) is 0 Å². The molecule has 1 aliphatic rings. The quantitative estimate of drug-likeness (QED) is 0.155. The molecule has 4 aromatic rings. The minimum Gasteiger partial charge on any atom is -0.332 e. The Morgan fingerprint density at radius 1 is 1.00 bits per heavy atom. The first-order chi connectivity index (χ1) is 19.0. The van der Waals surface area contributed by atoms with Crippen LogP contribution in [0.3, 0.4) is 0 Å². The standard InChI is InChI=1S/C31H28N4OS3/c1-20-15-16-25-26(19-32)30(39-27(25)17-20)35-29(36)28(21-9-4-2-5-10-21)38-24-14-8-13-23(18-24)34-31(37)33-22-11-6-3-7-12-22/h2-14,18,20,28H,15-17H2,1H3,(H,35,36)(H2,33,34,37). The summed E-state index contributed by atoms with van der Waals surface area (Å²) >= 11 is 8.51. The van der Waals surface area contributed by atoms with Gasteiger partial charge in [0.1, 0.15) is 16.3 Å². The number of thiocarbonyl (C=S) groups is 1. The third-order valence-electron chi connectivity index (χ3n) is 6.58. The van der Waals surface area contributed by atoms with Crippen LogP contribution in [-0.2, 0) is 17.6 Å². The van der Waals surface area contributed by atoms with Crippen molar-refractivity contribution in [1.82, 2.24) is 0 Å². The number of benzene rings is 3. The smallest absolute Gasteiger partial charge is 0.243 e. The Balaban J connectivity index is 1.35. The second-order valence-electron chi connectivity index (χ2n) is 9.54. The lowest BCUT2D eigenvalue weighted by atomic mass is 9.88. The van der Waals surface area contributed by atoms with E-state index in [9.17, 15) is 10.1 Å². The summed E-state index contributed by atoms with van der Waals surface area (Å²) in [6.45, 7) is 2.24. The summed E-state index contributed by atoms with van der Waals surface area (Å²) in [5.41, 5.74) is 4.36. The molecule has 0 bridgehead atoms. The molecule has 1 aromatic heterocycles. The van der Waals surface area contributed by atoms with E-state index in [0.29, 0.717) is 21.6 Å². The number of thioether (sulfide) groups is 1. The summed E-state index contributed by atoms with van der Waals surface area (Å²) < 4.78 is 0. The molecule has 39 heavy (non-hydrogen) atoms. The average molecular weight is 569 g/mol. The van der Waals surface area contributed by atoms with E-state index >= 15 is 0 Å². The van der Waals surface area contributed by atoms with Gasteiger partial charge in [0.05, 0.1) is 5.56 Å². The van der Waals surface area contributed by atoms with Gasteiger partial charge in [-0.3, -0.25) is 4.79 Å². The average Bonchev–Trinajstić information content (AvgIpc) is 3.28. The molecule has 1 aliphatic carbocycles. The van der Waals surface area contributed by atoms with Crippen LogP contribution in [0, 0.1) is 17.2 Å². The Kier molecular flexibility index (Phi) is 8.62. The van der Waals surface area contributed by atoms with Crippen molar-refractivity contribution >= 4 is 62.7 Å². The molecule has 8 heteroatoms. The highest BCUT2D eigenvalue weighted by Gasteiger charge is 2.28. The minimum absolute atomic E-state index is 0.144. The zero-order valence-electron chi connectivity index (χ0n) is 21.4. The van der Waals surface area contributed by atoms with Gasteiger partial charge in [-0.2, -0.15) is 5.26 Å². The van der Waals surface area contributed by atoms with E-state index in [1.165, 1.54) is 16.6 Å². The molecule has 1 amide bonds. The van der Waals surface area contributed by atoms with Gasteiger partial charge in [-0.15, -0.1) is 23.1 Å². The lowest BCUT2D eigenvalue weighted by Crippen LogP contribution is -2.19. The van der Waals surface area contributed by atoms with Crippen LogP contribution in [0.1, 0.15) is 40.2 Å². The number of carbonyl (C=O) groups excluding carboxylic acids is 1. The topological polar surface area (TPSA) is 77.0 Å². The van der Waals surface area contributed by atoms with Gasteiger partial charge in [-0.05, 0) is 78.9 Å². The Morgan fingerprint density at radius 3 is 2.44 bits per heavy atom. The van der Waals surface area contributed by atoms with Gasteiger partial charge in [0, 0.05) is 21.1 Å². The maximum atomic E-state index is 13.7. The van der Waals surface area contributed by atoms with Crippen LogP contribution < -0.4 is 16.0 Å². The number of hydrogen-bond acceptors (Lipinski definition) is 5. The summed E-state index contributed by atoms with van der Waals surface area (Å²) in [5.74, 6) is 0.449. The summed E-state index contributed by atoms with van der Waals surface area (Å²) in [6, 6.07) is 29.7. The zero-order chi connectivity index (χ0) is 27.2. The Bertz CT molecular complexity index is 1510. The van der Waals surface area contributed by atoms with E-state index < -0.39 is 5.25 Å². The number of nitrogens with one attached hydrogen (secondary N) is 3. The van der Waals surface area contributed by atoms with Gasteiger partial charge in [-0.1, -0.05) is 61.5 Å². The molecule has 0 fully saturated rings. The maximum Gasteiger partial charge on any atom is 0.243 e. The van der Waals surface area contributed by atoms with Crippen molar-refractivity contribution in [2.24, 2.45) is 5.92 Å². The molecule has 0 saturated carbocycles. The normalized spacial score (nSPS) is 14.9. The predicted octanol–water partition coefficient (Wildman–Crippen LogP) is 8.03. The monoisotopic (exact) mass is 568 g/mol. The minimum atomic E-state index is -0.500. The van der Waals surface area contributed by atoms with Gasteiger partial charge >= 0.3 is 0 Å². The van der Waals surface area contributed by atoms with Crippen LogP contribution in [0.5, 0.6) is 0 Å². The van der Waals surface area contributed by atoms with Crippen LogP contribution in [0.25, 0.3) is 0 Å². The maximum absolute atomic E-state index is 13.7. The lowest BCUT2D eigenvalue weighted by molar-refractivity contribution is -0.115. The summed E-state index contributed by atoms with van der Waals surface area (Å²) in [7, 11) is 0.